The Balaban J connectivity index is 1.42. The number of nitrogens with one attached hydrogen (secondary N) is 2. The highest BCUT2D eigenvalue weighted by molar-refractivity contribution is 5.94. The summed E-state index contributed by atoms with van der Waals surface area (Å²) in [7, 11) is 0. The minimum absolute atomic E-state index is 0.128. The van der Waals surface area contributed by atoms with E-state index in [9.17, 15) is 9.59 Å². The minimum Gasteiger partial charge on any atom is -0.484 e. The van der Waals surface area contributed by atoms with Crippen molar-refractivity contribution < 1.29 is 14.3 Å². The molecule has 0 saturated carbocycles. The molecule has 0 bridgehead atoms. The van der Waals surface area contributed by atoms with Crippen molar-refractivity contribution >= 4 is 17.5 Å². The number of amides is 2. The number of para-hydroxylation sites is 1. The van der Waals surface area contributed by atoms with Crippen LogP contribution in [0.3, 0.4) is 0 Å². The van der Waals surface area contributed by atoms with E-state index in [4.69, 9.17) is 4.74 Å². The van der Waals surface area contributed by atoms with Crippen molar-refractivity contribution in [3.8, 4) is 11.4 Å². The van der Waals surface area contributed by atoms with Gasteiger partial charge in [0.1, 0.15) is 5.75 Å². The summed E-state index contributed by atoms with van der Waals surface area (Å²) < 4.78 is 7.17. The molecule has 1 heterocycles. The highest BCUT2D eigenvalue weighted by atomic mass is 16.5. The van der Waals surface area contributed by atoms with Crippen LogP contribution in [-0.4, -0.2) is 34.7 Å². The molecule has 0 aliphatic carbocycles. The number of anilines is 1. The van der Waals surface area contributed by atoms with E-state index in [2.05, 4.69) is 15.7 Å². The highest BCUT2D eigenvalue weighted by Crippen LogP contribution is 2.15. The Labute approximate surface area is 157 Å². The number of benzene rings is 2. The van der Waals surface area contributed by atoms with E-state index in [1.54, 1.807) is 29.1 Å². The van der Waals surface area contributed by atoms with Crippen LogP contribution < -0.4 is 15.4 Å². The fourth-order valence-corrected chi connectivity index (χ4v) is 2.42. The molecule has 7 nitrogen and oxygen atoms in total. The third kappa shape index (κ3) is 5.18. The molecule has 0 unspecified atom stereocenters. The number of ether oxygens (including phenoxy) is 1. The van der Waals surface area contributed by atoms with Crippen LogP contribution in [0.4, 0.5) is 5.69 Å². The number of aryl methyl sites for hydroxylation is 1. The normalized spacial score (nSPS) is 10.3. The average molecular weight is 364 g/mol. The van der Waals surface area contributed by atoms with Crippen LogP contribution in [0.1, 0.15) is 5.56 Å². The lowest BCUT2D eigenvalue weighted by Gasteiger charge is -2.10. The summed E-state index contributed by atoms with van der Waals surface area (Å²) in [5.74, 6) is -0.0251. The number of hydrogen-bond donors (Lipinski definition) is 2. The average Bonchev–Trinajstić information content (AvgIpc) is 3.21. The van der Waals surface area contributed by atoms with Crippen LogP contribution in [0.15, 0.2) is 67.0 Å². The summed E-state index contributed by atoms with van der Waals surface area (Å²) in [6.45, 7) is 1.63. The molecule has 0 spiro atoms. The van der Waals surface area contributed by atoms with Crippen molar-refractivity contribution in [2.75, 3.05) is 18.5 Å². The van der Waals surface area contributed by atoms with E-state index >= 15 is 0 Å². The maximum absolute atomic E-state index is 12.0. The second kappa shape index (κ2) is 8.66. The molecule has 0 aliphatic heterocycles. The largest absolute Gasteiger partial charge is 0.484 e. The summed E-state index contributed by atoms with van der Waals surface area (Å²) in [6.07, 6.45) is 3.53. The van der Waals surface area contributed by atoms with Crippen molar-refractivity contribution in [2.24, 2.45) is 0 Å². The van der Waals surface area contributed by atoms with Gasteiger partial charge in [-0.3, -0.25) is 9.59 Å². The summed E-state index contributed by atoms with van der Waals surface area (Å²) in [5, 5.41) is 9.41. The SMILES string of the molecule is Cc1ccccc1OCC(=O)NCC(=O)Nc1ccc(-n2cccn2)cc1. The predicted octanol–water partition coefficient (Wildman–Crippen LogP) is 2.31. The lowest BCUT2D eigenvalue weighted by atomic mass is 10.2. The van der Waals surface area contributed by atoms with Gasteiger partial charge in [0, 0.05) is 18.1 Å². The van der Waals surface area contributed by atoms with Gasteiger partial charge in [-0.1, -0.05) is 18.2 Å². The first-order valence-electron chi connectivity index (χ1n) is 8.47. The molecule has 138 valence electrons. The minimum atomic E-state index is -0.359. The number of rotatable bonds is 7. The summed E-state index contributed by atoms with van der Waals surface area (Å²) >= 11 is 0. The Morgan fingerprint density at radius 2 is 1.81 bits per heavy atom. The molecule has 3 rings (SSSR count). The molecule has 2 N–H and O–H groups in total. The van der Waals surface area contributed by atoms with E-state index < -0.39 is 0 Å². The number of carbonyl (C=O) groups is 2. The Bertz CT molecular complexity index is 905. The second-order valence-corrected chi connectivity index (χ2v) is 5.88. The van der Waals surface area contributed by atoms with E-state index in [0.29, 0.717) is 11.4 Å². The molecule has 3 aromatic rings. The van der Waals surface area contributed by atoms with Gasteiger partial charge in [0.25, 0.3) is 5.91 Å². The lowest BCUT2D eigenvalue weighted by molar-refractivity contribution is -0.125. The first-order chi connectivity index (χ1) is 13.1. The highest BCUT2D eigenvalue weighted by Gasteiger charge is 2.08. The molecular weight excluding hydrogens is 344 g/mol. The number of hydrogen-bond acceptors (Lipinski definition) is 4. The van der Waals surface area contributed by atoms with E-state index in [-0.39, 0.29) is 25.0 Å². The molecule has 0 atom stereocenters. The number of nitrogens with zero attached hydrogens (tertiary/aromatic N) is 2. The molecule has 0 radical (unpaired) electrons. The molecular formula is C20H20N4O3. The van der Waals surface area contributed by atoms with Gasteiger partial charge in [-0.15, -0.1) is 0 Å². The first kappa shape index (κ1) is 18.2. The second-order valence-electron chi connectivity index (χ2n) is 5.88. The van der Waals surface area contributed by atoms with E-state index in [0.717, 1.165) is 11.3 Å². The predicted molar refractivity (Wildman–Crippen MR) is 102 cm³/mol. The lowest BCUT2D eigenvalue weighted by Crippen LogP contribution is -2.35. The zero-order chi connectivity index (χ0) is 19.1. The van der Waals surface area contributed by atoms with Gasteiger partial charge in [-0.2, -0.15) is 5.10 Å². The van der Waals surface area contributed by atoms with Crippen molar-refractivity contribution in [1.29, 1.82) is 0 Å². The third-order valence-corrected chi connectivity index (χ3v) is 3.82. The standard InChI is InChI=1S/C20H20N4O3/c1-15-5-2-3-6-18(15)27-14-20(26)21-13-19(25)23-16-7-9-17(10-8-16)24-12-4-11-22-24/h2-12H,13-14H2,1H3,(H,21,26)(H,23,25). The fourth-order valence-electron chi connectivity index (χ4n) is 2.42. The summed E-state index contributed by atoms with van der Waals surface area (Å²) in [6, 6.07) is 16.5. The Morgan fingerprint density at radius 3 is 2.52 bits per heavy atom. The molecule has 2 amide bonds. The molecule has 0 saturated heterocycles. The van der Waals surface area contributed by atoms with E-state index in [1.165, 1.54) is 0 Å². The van der Waals surface area contributed by atoms with Crippen molar-refractivity contribution in [1.82, 2.24) is 15.1 Å². The van der Waals surface area contributed by atoms with Crippen molar-refractivity contribution in [3.63, 3.8) is 0 Å². The zero-order valence-corrected chi connectivity index (χ0v) is 14.9. The van der Waals surface area contributed by atoms with Crippen LogP contribution in [0, 0.1) is 6.92 Å². The monoisotopic (exact) mass is 364 g/mol. The van der Waals surface area contributed by atoms with Gasteiger partial charge in [0.2, 0.25) is 5.91 Å². The number of aromatic nitrogens is 2. The maximum atomic E-state index is 12.0. The van der Waals surface area contributed by atoms with Gasteiger partial charge < -0.3 is 15.4 Å². The van der Waals surface area contributed by atoms with Gasteiger partial charge in [0.05, 0.1) is 12.2 Å². The van der Waals surface area contributed by atoms with Gasteiger partial charge in [0.15, 0.2) is 6.61 Å². The van der Waals surface area contributed by atoms with Crippen LogP contribution in [0.2, 0.25) is 0 Å². The molecule has 7 heteroatoms. The molecule has 27 heavy (non-hydrogen) atoms. The number of carbonyl (C=O) groups excluding carboxylic acids is 2. The van der Waals surface area contributed by atoms with Crippen LogP contribution in [0.5, 0.6) is 5.75 Å². The van der Waals surface area contributed by atoms with Crippen LogP contribution >= 0.6 is 0 Å². The topological polar surface area (TPSA) is 85.2 Å². The first-order valence-corrected chi connectivity index (χ1v) is 8.47. The van der Waals surface area contributed by atoms with Gasteiger partial charge >= 0.3 is 0 Å². The Kier molecular flexibility index (Phi) is 5.84. The zero-order valence-electron chi connectivity index (χ0n) is 14.9. The van der Waals surface area contributed by atoms with Gasteiger partial charge in [-0.25, -0.2) is 4.68 Å². The van der Waals surface area contributed by atoms with Crippen molar-refractivity contribution in [2.45, 2.75) is 6.92 Å². The molecule has 2 aromatic carbocycles. The summed E-state index contributed by atoms with van der Waals surface area (Å²) in [5.41, 5.74) is 2.47. The van der Waals surface area contributed by atoms with Crippen molar-refractivity contribution in [3.05, 3.63) is 72.6 Å². The molecule has 1 aromatic heterocycles. The molecule has 0 fully saturated rings. The fraction of sp³-hybridized carbons (Fsp3) is 0.150. The summed E-state index contributed by atoms with van der Waals surface area (Å²) in [4.78, 5) is 23.8. The van der Waals surface area contributed by atoms with Crippen LogP contribution in [-0.2, 0) is 9.59 Å². The smallest absolute Gasteiger partial charge is 0.258 e. The third-order valence-electron chi connectivity index (χ3n) is 3.82. The Morgan fingerprint density at radius 1 is 1.04 bits per heavy atom. The molecule has 0 aliphatic rings. The quantitative estimate of drug-likeness (QED) is 0.674. The Hall–Kier alpha value is -3.61. The van der Waals surface area contributed by atoms with Crippen LogP contribution in [0.25, 0.3) is 5.69 Å². The maximum Gasteiger partial charge on any atom is 0.258 e. The van der Waals surface area contributed by atoms with E-state index in [1.807, 2.05) is 49.5 Å². The van der Waals surface area contributed by atoms with Gasteiger partial charge in [-0.05, 0) is 48.9 Å².